The lowest BCUT2D eigenvalue weighted by molar-refractivity contribution is 0.232. The van der Waals surface area contributed by atoms with Crippen molar-refractivity contribution in [3.8, 4) is 0 Å². The van der Waals surface area contributed by atoms with E-state index in [4.69, 9.17) is 0 Å². The van der Waals surface area contributed by atoms with Crippen molar-refractivity contribution in [2.75, 3.05) is 0 Å². The number of nitrogens with zero attached hydrogens (tertiary/aromatic N) is 7. The Bertz CT molecular complexity index is 655. The maximum absolute atomic E-state index is 4.39. The van der Waals surface area contributed by atoms with E-state index in [0.29, 0.717) is 19.6 Å². The summed E-state index contributed by atoms with van der Waals surface area (Å²) >= 11 is 0. The van der Waals surface area contributed by atoms with Crippen molar-refractivity contribution in [1.29, 1.82) is 0 Å². The first kappa shape index (κ1) is 14.3. The molecule has 0 spiro atoms. The van der Waals surface area contributed by atoms with Crippen LogP contribution in [-0.2, 0) is 26.7 Å². The fourth-order valence-corrected chi connectivity index (χ4v) is 2.20. The Balaban J connectivity index is 1.77. The molecule has 0 saturated heterocycles. The second-order valence-electron chi connectivity index (χ2n) is 4.99. The highest BCUT2D eigenvalue weighted by molar-refractivity contribution is 5.00. The van der Waals surface area contributed by atoms with Crippen molar-refractivity contribution in [2.24, 2.45) is 7.05 Å². The lowest BCUT2D eigenvalue weighted by Crippen LogP contribution is -2.25. The average molecular weight is 295 g/mol. The molecule has 0 amide bonds. The standard InChI is InChI=1S/C15H17N7/c1-21-7-6-20-15(21)12-22(10-13-8-16-2-4-18-13)11-14-9-17-3-5-19-14/h2-9H,10-12H2,1H3. The van der Waals surface area contributed by atoms with Crippen LogP contribution in [0.5, 0.6) is 0 Å². The van der Waals surface area contributed by atoms with Crippen LogP contribution in [0.3, 0.4) is 0 Å². The Kier molecular flexibility index (Phi) is 4.45. The molecule has 0 aliphatic rings. The zero-order valence-electron chi connectivity index (χ0n) is 12.4. The Labute approximate surface area is 128 Å². The molecule has 0 bridgehead atoms. The molecule has 0 atom stereocenters. The van der Waals surface area contributed by atoms with Crippen LogP contribution in [0.15, 0.2) is 49.6 Å². The van der Waals surface area contributed by atoms with Gasteiger partial charge in [-0.1, -0.05) is 0 Å². The van der Waals surface area contributed by atoms with E-state index in [0.717, 1.165) is 17.2 Å². The third kappa shape index (κ3) is 3.70. The van der Waals surface area contributed by atoms with E-state index >= 15 is 0 Å². The van der Waals surface area contributed by atoms with Crippen LogP contribution in [-0.4, -0.2) is 34.4 Å². The van der Waals surface area contributed by atoms with Gasteiger partial charge in [0.1, 0.15) is 5.82 Å². The molecular formula is C15H17N7. The largest absolute Gasteiger partial charge is 0.337 e. The van der Waals surface area contributed by atoms with Crippen LogP contribution in [0.2, 0.25) is 0 Å². The van der Waals surface area contributed by atoms with Gasteiger partial charge in [-0.25, -0.2) is 4.98 Å². The highest BCUT2D eigenvalue weighted by atomic mass is 15.2. The minimum absolute atomic E-state index is 0.678. The van der Waals surface area contributed by atoms with Gasteiger partial charge in [0.25, 0.3) is 0 Å². The first-order valence-electron chi connectivity index (χ1n) is 6.99. The molecule has 112 valence electrons. The molecular weight excluding hydrogens is 278 g/mol. The van der Waals surface area contributed by atoms with Crippen LogP contribution in [0, 0.1) is 0 Å². The van der Waals surface area contributed by atoms with E-state index in [9.17, 15) is 0 Å². The van der Waals surface area contributed by atoms with Gasteiger partial charge in [0.15, 0.2) is 0 Å². The first-order chi connectivity index (χ1) is 10.8. The molecule has 0 N–H and O–H groups in total. The summed E-state index contributed by atoms with van der Waals surface area (Å²) in [6.45, 7) is 2.06. The van der Waals surface area contributed by atoms with Gasteiger partial charge < -0.3 is 4.57 Å². The normalized spacial score (nSPS) is 11.0. The highest BCUT2D eigenvalue weighted by Gasteiger charge is 2.12. The lowest BCUT2D eigenvalue weighted by Gasteiger charge is -2.21. The molecule has 3 aromatic heterocycles. The highest BCUT2D eigenvalue weighted by Crippen LogP contribution is 2.10. The van der Waals surface area contributed by atoms with E-state index in [1.54, 1.807) is 43.4 Å². The van der Waals surface area contributed by atoms with Crippen LogP contribution >= 0.6 is 0 Å². The first-order valence-corrected chi connectivity index (χ1v) is 6.99. The van der Waals surface area contributed by atoms with Crippen molar-refractivity contribution in [2.45, 2.75) is 19.6 Å². The Morgan fingerprint density at radius 3 is 1.91 bits per heavy atom. The molecule has 0 unspecified atom stereocenters. The Morgan fingerprint density at radius 2 is 1.45 bits per heavy atom. The zero-order valence-corrected chi connectivity index (χ0v) is 12.4. The van der Waals surface area contributed by atoms with E-state index < -0.39 is 0 Å². The summed E-state index contributed by atoms with van der Waals surface area (Å²) in [5.41, 5.74) is 1.83. The fourth-order valence-electron chi connectivity index (χ4n) is 2.20. The SMILES string of the molecule is Cn1ccnc1CN(Cc1cnccn1)Cc1cnccn1. The lowest BCUT2D eigenvalue weighted by atomic mass is 10.3. The summed E-state index contributed by atoms with van der Waals surface area (Å²) in [7, 11) is 1.99. The van der Waals surface area contributed by atoms with Gasteiger partial charge in [0.05, 0.1) is 17.9 Å². The number of aryl methyl sites for hydroxylation is 1. The fraction of sp³-hybridized carbons (Fsp3) is 0.267. The molecule has 7 nitrogen and oxygen atoms in total. The zero-order chi connectivity index (χ0) is 15.2. The van der Waals surface area contributed by atoms with Crippen LogP contribution in [0.25, 0.3) is 0 Å². The molecule has 3 aromatic rings. The van der Waals surface area contributed by atoms with Crippen molar-refractivity contribution in [3.05, 3.63) is 66.8 Å². The summed E-state index contributed by atoms with van der Waals surface area (Å²) < 4.78 is 2.01. The molecule has 0 aliphatic carbocycles. The summed E-state index contributed by atoms with van der Waals surface area (Å²) in [5, 5.41) is 0. The van der Waals surface area contributed by atoms with E-state index in [1.807, 2.05) is 17.8 Å². The number of hydrogen-bond donors (Lipinski definition) is 0. The van der Waals surface area contributed by atoms with Gasteiger partial charge in [-0.2, -0.15) is 0 Å². The van der Waals surface area contributed by atoms with Crippen molar-refractivity contribution in [1.82, 2.24) is 34.4 Å². The van der Waals surface area contributed by atoms with Gasteiger partial charge in [-0.05, 0) is 0 Å². The third-order valence-corrected chi connectivity index (χ3v) is 3.29. The number of hydrogen-bond acceptors (Lipinski definition) is 6. The Hall–Kier alpha value is -2.67. The smallest absolute Gasteiger partial charge is 0.122 e. The van der Waals surface area contributed by atoms with Crippen LogP contribution in [0.1, 0.15) is 17.2 Å². The molecule has 0 aromatic carbocycles. The van der Waals surface area contributed by atoms with Crippen molar-refractivity contribution < 1.29 is 0 Å². The topological polar surface area (TPSA) is 72.6 Å². The Morgan fingerprint density at radius 1 is 0.818 bits per heavy atom. The maximum Gasteiger partial charge on any atom is 0.122 e. The van der Waals surface area contributed by atoms with Gasteiger partial charge >= 0.3 is 0 Å². The summed E-state index contributed by atoms with van der Waals surface area (Å²) in [6.07, 6.45) is 14.1. The van der Waals surface area contributed by atoms with Gasteiger partial charge in [0.2, 0.25) is 0 Å². The molecule has 0 fully saturated rings. The molecule has 0 radical (unpaired) electrons. The molecule has 22 heavy (non-hydrogen) atoms. The second kappa shape index (κ2) is 6.86. The molecule has 0 saturated carbocycles. The van der Waals surface area contributed by atoms with E-state index in [1.165, 1.54) is 0 Å². The number of imidazole rings is 1. The monoisotopic (exact) mass is 295 g/mol. The van der Waals surface area contributed by atoms with Gasteiger partial charge in [-0.15, -0.1) is 0 Å². The van der Waals surface area contributed by atoms with Crippen LogP contribution < -0.4 is 0 Å². The molecule has 7 heteroatoms. The van der Waals surface area contributed by atoms with E-state index in [-0.39, 0.29) is 0 Å². The number of rotatable bonds is 6. The average Bonchev–Trinajstić information content (AvgIpc) is 2.94. The molecule has 3 heterocycles. The summed E-state index contributed by atoms with van der Waals surface area (Å²) in [6, 6.07) is 0. The summed E-state index contributed by atoms with van der Waals surface area (Å²) in [4.78, 5) is 23.5. The molecule has 3 rings (SSSR count). The van der Waals surface area contributed by atoms with Crippen LogP contribution in [0.4, 0.5) is 0 Å². The summed E-state index contributed by atoms with van der Waals surface area (Å²) in [5.74, 6) is 0.993. The predicted octanol–water partition coefficient (Wildman–Crippen LogP) is 1.20. The minimum Gasteiger partial charge on any atom is -0.337 e. The molecule has 0 aliphatic heterocycles. The van der Waals surface area contributed by atoms with Gasteiger partial charge in [0, 0.05) is 69.7 Å². The maximum atomic E-state index is 4.39. The second-order valence-corrected chi connectivity index (χ2v) is 4.99. The van der Waals surface area contributed by atoms with Gasteiger partial charge in [-0.3, -0.25) is 24.8 Å². The van der Waals surface area contributed by atoms with E-state index in [2.05, 4.69) is 29.8 Å². The predicted molar refractivity (Wildman–Crippen MR) is 80.2 cm³/mol. The number of aromatic nitrogens is 6. The minimum atomic E-state index is 0.678. The van der Waals surface area contributed by atoms with Crippen molar-refractivity contribution >= 4 is 0 Å². The third-order valence-electron chi connectivity index (χ3n) is 3.29. The van der Waals surface area contributed by atoms with Crippen molar-refractivity contribution in [3.63, 3.8) is 0 Å². The quantitative estimate of drug-likeness (QED) is 0.680.